The summed E-state index contributed by atoms with van der Waals surface area (Å²) in [5.74, 6) is 0.0429. The molecule has 0 saturated heterocycles. The van der Waals surface area contributed by atoms with Crippen molar-refractivity contribution in [1.82, 2.24) is 9.97 Å². The predicted molar refractivity (Wildman–Crippen MR) is 100 cm³/mol. The Morgan fingerprint density at radius 2 is 1.86 bits per heavy atom. The second-order valence-corrected chi connectivity index (χ2v) is 6.66. The molecule has 0 aliphatic heterocycles. The van der Waals surface area contributed by atoms with Crippen molar-refractivity contribution >= 4 is 28.7 Å². The van der Waals surface area contributed by atoms with E-state index >= 15 is 0 Å². The van der Waals surface area contributed by atoms with Gasteiger partial charge in [-0.1, -0.05) is 0 Å². The Bertz CT molecular complexity index is 958. The number of aromatic nitrogens is 2. The Morgan fingerprint density at radius 3 is 2.43 bits per heavy atom. The van der Waals surface area contributed by atoms with Crippen LogP contribution in [0.3, 0.4) is 0 Å². The van der Waals surface area contributed by atoms with Gasteiger partial charge in [0.05, 0.1) is 5.56 Å². The minimum Gasteiger partial charge on any atom is -0.424 e. The number of amides is 1. The fraction of sp³-hybridized carbons (Fsp3) is 0.167. The molecule has 1 amide bonds. The number of hydrogen-bond acceptors (Lipinski definition) is 6. The van der Waals surface area contributed by atoms with Crippen LogP contribution in [0.5, 0.6) is 11.8 Å². The van der Waals surface area contributed by atoms with E-state index in [-0.39, 0.29) is 17.5 Å². The summed E-state index contributed by atoms with van der Waals surface area (Å²) < 4.78 is 44.5. The number of halogens is 3. The maximum Gasteiger partial charge on any atom is 0.433 e. The zero-order valence-electron chi connectivity index (χ0n) is 14.8. The third kappa shape index (κ3) is 4.77. The van der Waals surface area contributed by atoms with Crippen molar-refractivity contribution in [2.45, 2.75) is 6.18 Å². The second kappa shape index (κ2) is 7.85. The largest absolute Gasteiger partial charge is 0.433 e. The molecule has 0 unspecified atom stereocenters. The first kappa shape index (κ1) is 19.6. The van der Waals surface area contributed by atoms with Gasteiger partial charge in [-0.25, -0.2) is 0 Å². The number of nitrogens with one attached hydrogen (secondary N) is 1. The highest BCUT2D eigenvalue weighted by atomic mass is 32.1. The van der Waals surface area contributed by atoms with Gasteiger partial charge in [-0.05, 0) is 35.7 Å². The summed E-state index contributed by atoms with van der Waals surface area (Å²) in [6.45, 7) is 0. The lowest BCUT2D eigenvalue weighted by Gasteiger charge is -2.15. The first-order valence-electron chi connectivity index (χ1n) is 7.97. The van der Waals surface area contributed by atoms with Gasteiger partial charge in [0.15, 0.2) is 5.69 Å². The molecule has 6 nitrogen and oxygen atoms in total. The summed E-state index contributed by atoms with van der Waals surface area (Å²) in [6, 6.07) is 8.26. The smallest absolute Gasteiger partial charge is 0.424 e. The van der Waals surface area contributed by atoms with E-state index < -0.39 is 17.9 Å². The fourth-order valence-corrected chi connectivity index (χ4v) is 2.78. The van der Waals surface area contributed by atoms with Gasteiger partial charge in [0.2, 0.25) is 0 Å². The van der Waals surface area contributed by atoms with Crippen molar-refractivity contribution in [2.75, 3.05) is 24.3 Å². The van der Waals surface area contributed by atoms with Crippen molar-refractivity contribution in [2.24, 2.45) is 0 Å². The average Bonchev–Trinajstić information content (AvgIpc) is 3.17. The van der Waals surface area contributed by atoms with Gasteiger partial charge < -0.3 is 15.0 Å². The topological polar surface area (TPSA) is 67.3 Å². The van der Waals surface area contributed by atoms with Crippen LogP contribution in [0.25, 0.3) is 0 Å². The summed E-state index contributed by atoms with van der Waals surface area (Å²) in [5.41, 5.74) is -0.0396. The molecule has 146 valence electrons. The van der Waals surface area contributed by atoms with Gasteiger partial charge in [-0.15, -0.1) is 0 Å². The van der Waals surface area contributed by atoms with E-state index in [0.29, 0.717) is 11.3 Å². The minimum absolute atomic E-state index is 0.0666. The van der Waals surface area contributed by atoms with Crippen LogP contribution in [0.2, 0.25) is 0 Å². The molecule has 3 rings (SSSR count). The molecule has 28 heavy (non-hydrogen) atoms. The standard InChI is InChI=1S/C18H15F3N4O2S/c1-25(2)15-9-14(18(19,20)21)23-17(24-15)27-13-5-3-12(4-6-13)22-16(26)11-7-8-28-10-11/h3-10H,1-2H3,(H,22,26). The number of anilines is 2. The zero-order chi connectivity index (χ0) is 20.3. The number of rotatable bonds is 5. The molecule has 0 fully saturated rings. The average molecular weight is 408 g/mol. The number of alkyl halides is 3. The van der Waals surface area contributed by atoms with Crippen LogP contribution in [0.1, 0.15) is 16.1 Å². The van der Waals surface area contributed by atoms with Crippen LogP contribution in [0.4, 0.5) is 24.7 Å². The van der Waals surface area contributed by atoms with E-state index in [0.717, 1.165) is 6.07 Å². The first-order valence-corrected chi connectivity index (χ1v) is 8.92. The SMILES string of the molecule is CN(C)c1cc(C(F)(F)F)nc(Oc2ccc(NC(=O)c3ccsc3)cc2)n1. The highest BCUT2D eigenvalue weighted by molar-refractivity contribution is 7.08. The minimum atomic E-state index is -4.62. The summed E-state index contributed by atoms with van der Waals surface area (Å²) in [7, 11) is 3.13. The molecule has 2 aromatic heterocycles. The Kier molecular flexibility index (Phi) is 5.50. The maximum atomic E-state index is 13.0. The van der Waals surface area contributed by atoms with E-state index in [1.165, 1.54) is 28.4 Å². The third-order valence-electron chi connectivity index (χ3n) is 3.55. The van der Waals surface area contributed by atoms with Crippen LogP contribution < -0.4 is 15.0 Å². The van der Waals surface area contributed by atoms with Crippen LogP contribution >= 0.6 is 11.3 Å². The lowest BCUT2D eigenvalue weighted by atomic mass is 10.2. The molecule has 0 radical (unpaired) electrons. The quantitative estimate of drug-likeness (QED) is 0.665. The van der Waals surface area contributed by atoms with Crippen molar-refractivity contribution in [3.05, 3.63) is 58.4 Å². The second-order valence-electron chi connectivity index (χ2n) is 5.88. The lowest BCUT2D eigenvalue weighted by molar-refractivity contribution is -0.141. The van der Waals surface area contributed by atoms with Gasteiger partial charge in [0, 0.05) is 31.2 Å². The highest BCUT2D eigenvalue weighted by Gasteiger charge is 2.34. The molecule has 0 saturated carbocycles. The normalized spacial score (nSPS) is 11.2. The highest BCUT2D eigenvalue weighted by Crippen LogP contribution is 2.31. The summed E-state index contributed by atoms with van der Waals surface area (Å²) in [5, 5.41) is 6.23. The predicted octanol–water partition coefficient (Wildman–Crippen LogP) is 4.67. The molecule has 10 heteroatoms. The number of carbonyl (C=O) groups excluding carboxylic acids is 1. The van der Waals surface area contributed by atoms with E-state index in [1.54, 1.807) is 43.1 Å². The molecule has 3 aromatic rings. The molecule has 2 heterocycles. The number of carbonyl (C=O) groups is 1. The van der Waals surface area contributed by atoms with E-state index in [1.807, 2.05) is 0 Å². The monoisotopic (exact) mass is 408 g/mol. The first-order chi connectivity index (χ1) is 13.2. The fourth-order valence-electron chi connectivity index (χ4n) is 2.14. The van der Waals surface area contributed by atoms with Crippen LogP contribution in [-0.4, -0.2) is 30.0 Å². The third-order valence-corrected chi connectivity index (χ3v) is 4.23. The number of thiophene rings is 1. The molecule has 0 aliphatic carbocycles. The Balaban J connectivity index is 1.76. The van der Waals surface area contributed by atoms with E-state index in [2.05, 4.69) is 15.3 Å². The van der Waals surface area contributed by atoms with Crippen molar-refractivity contribution in [3.63, 3.8) is 0 Å². The summed E-state index contributed by atoms with van der Waals surface area (Å²) >= 11 is 1.41. The van der Waals surface area contributed by atoms with Crippen LogP contribution in [-0.2, 0) is 6.18 Å². The lowest BCUT2D eigenvalue weighted by Crippen LogP contribution is -2.16. The van der Waals surface area contributed by atoms with Crippen LogP contribution in [0.15, 0.2) is 47.2 Å². The summed E-state index contributed by atoms with van der Waals surface area (Å²) in [6.07, 6.45) is -4.62. The molecule has 0 atom stereocenters. The molecular formula is C18H15F3N4O2S. The van der Waals surface area contributed by atoms with Gasteiger partial charge in [-0.2, -0.15) is 34.5 Å². The molecule has 0 bridgehead atoms. The van der Waals surface area contributed by atoms with Crippen molar-refractivity contribution in [1.29, 1.82) is 0 Å². The Hall–Kier alpha value is -3.14. The van der Waals surface area contributed by atoms with Gasteiger partial charge in [0.25, 0.3) is 5.91 Å². The molecule has 0 aliphatic rings. The number of ether oxygens (including phenoxy) is 1. The van der Waals surface area contributed by atoms with E-state index in [4.69, 9.17) is 4.74 Å². The van der Waals surface area contributed by atoms with Gasteiger partial charge in [0.1, 0.15) is 11.6 Å². The Labute approximate surface area is 162 Å². The number of hydrogen-bond donors (Lipinski definition) is 1. The molecule has 0 spiro atoms. The van der Waals surface area contributed by atoms with Gasteiger partial charge in [-0.3, -0.25) is 4.79 Å². The number of nitrogens with zero attached hydrogens (tertiary/aromatic N) is 3. The molecule has 1 aromatic carbocycles. The van der Waals surface area contributed by atoms with Crippen LogP contribution in [0, 0.1) is 0 Å². The molecule has 1 N–H and O–H groups in total. The molecular weight excluding hydrogens is 393 g/mol. The zero-order valence-corrected chi connectivity index (χ0v) is 15.6. The summed E-state index contributed by atoms with van der Waals surface area (Å²) in [4.78, 5) is 20.8. The Morgan fingerprint density at radius 1 is 1.14 bits per heavy atom. The maximum absolute atomic E-state index is 13.0. The van der Waals surface area contributed by atoms with Crippen molar-refractivity contribution in [3.8, 4) is 11.8 Å². The number of benzene rings is 1. The van der Waals surface area contributed by atoms with Gasteiger partial charge >= 0.3 is 12.2 Å². The van der Waals surface area contributed by atoms with E-state index in [9.17, 15) is 18.0 Å². The van der Waals surface area contributed by atoms with Crippen molar-refractivity contribution < 1.29 is 22.7 Å².